The van der Waals surface area contributed by atoms with Crippen LogP contribution in [-0.2, 0) is 40.7 Å². The van der Waals surface area contributed by atoms with Crippen LogP contribution in [0.2, 0.25) is 0 Å². The Balaban J connectivity index is 0. The first-order valence-electron chi connectivity index (χ1n) is 0.765. The van der Waals surface area contributed by atoms with Crippen LogP contribution in [0, 0.1) is 0 Å². The molecule has 40 valence electrons. The summed E-state index contributed by atoms with van der Waals surface area (Å²) >= 11 is 0.791. The molecular weight excluding hydrogens is 234 g/mol. The van der Waals surface area contributed by atoms with Crippen LogP contribution in [0.4, 0.5) is 0 Å². The summed E-state index contributed by atoms with van der Waals surface area (Å²) in [5.41, 5.74) is -3.63. The van der Waals surface area contributed by atoms with Crippen molar-refractivity contribution in [3.05, 3.63) is 0 Å². The quantitative estimate of drug-likeness (QED) is 0.445. The van der Waals surface area contributed by atoms with E-state index in [9.17, 15) is 4.57 Å². The number of hydrogen-bond acceptors (Lipinski definition) is 1. The van der Waals surface area contributed by atoms with Crippen molar-refractivity contribution in [2.24, 2.45) is 0 Å². The normalized spacial score (nSPS) is 9.67. The van der Waals surface area contributed by atoms with E-state index < -0.39 is 5.69 Å². The molecule has 0 saturated heterocycles. The molecule has 0 aromatic carbocycles. The van der Waals surface area contributed by atoms with Gasteiger partial charge in [-0.05, 0) is 0 Å². The molecule has 0 heterocycles. The van der Waals surface area contributed by atoms with E-state index in [1.54, 1.807) is 0 Å². The molecule has 1 radical (unpaired) electrons. The van der Waals surface area contributed by atoms with Gasteiger partial charge in [-0.3, -0.25) is 0 Å². The van der Waals surface area contributed by atoms with E-state index >= 15 is 0 Å². The molecule has 0 spiro atoms. The second-order valence-corrected chi connectivity index (χ2v) is 4.98. The maximum atomic E-state index is 9.33. The first-order chi connectivity index (χ1) is 2.00. The third kappa shape index (κ3) is 55.8. The standard InChI is InChI=1S/Co.Mo.HO3P/c;;1-4(2)3/h;;(H-,1,2,3)/q;-1;/p+1. The Morgan fingerprint density at radius 1 is 1.50 bits per heavy atom. The molecule has 6 heavy (non-hydrogen) atoms. The van der Waals surface area contributed by atoms with Crippen LogP contribution < -0.4 is 0 Å². The molecule has 3 nitrogen and oxygen atoms in total. The third-order valence-electron chi connectivity index (χ3n) is 0. The first kappa shape index (κ1) is 10.4. The molecule has 0 aliphatic heterocycles. The van der Waals surface area contributed by atoms with Crippen molar-refractivity contribution in [1.29, 1.82) is 0 Å². The molecule has 0 rings (SSSR count). The summed E-state index contributed by atoms with van der Waals surface area (Å²) in [5, 5.41) is 0. The molecule has 0 aromatic heterocycles. The van der Waals surface area contributed by atoms with Gasteiger partial charge < -0.3 is 0 Å². The largest absolute Gasteiger partial charge is 0 e. The van der Waals surface area contributed by atoms with Crippen LogP contribution >= 0.6 is 5.69 Å². The molecule has 0 bridgehead atoms. The second-order valence-electron chi connectivity index (χ2n) is 0.491. The van der Waals surface area contributed by atoms with Crippen LogP contribution in [0.5, 0.6) is 0 Å². The molecule has 0 aliphatic carbocycles. The Morgan fingerprint density at radius 3 is 1.50 bits per heavy atom. The Hall–Kier alpha value is 1.34. The van der Waals surface area contributed by atoms with Gasteiger partial charge in [0.1, 0.15) is 0 Å². The molecule has 0 fully saturated rings. The van der Waals surface area contributed by atoms with Crippen LogP contribution in [0.3, 0.4) is 0 Å². The van der Waals surface area contributed by atoms with Gasteiger partial charge in [0.25, 0.3) is 0 Å². The van der Waals surface area contributed by atoms with Gasteiger partial charge in [0.05, 0.1) is 0 Å². The van der Waals surface area contributed by atoms with E-state index in [2.05, 4.69) is 0 Å². The fraction of sp³-hybridized carbons (Fsp3) is 0. The van der Waals surface area contributed by atoms with Gasteiger partial charge in [-0.25, -0.2) is 0 Å². The van der Waals surface area contributed by atoms with Crippen LogP contribution in [0.25, 0.3) is 0 Å². The zero-order valence-electron chi connectivity index (χ0n) is 2.49. The van der Waals surface area contributed by atoms with Gasteiger partial charge in [-0.15, -0.1) is 0 Å². The molecule has 2 N–H and O–H groups in total. The van der Waals surface area contributed by atoms with Crippen LogP contribution in [0.1, 0.15) is 0 Å². The molecule has 0 saturated carbocycles. The van der Waals surface area contributed by atoms with E-state index in [1.165, 1.54) is 0 Å². The Kier molecular flexibility index (Phi) is 5.80. The van der Waals surface area contributed by atoms with Crippen LogP contribution in [0.15, 0.2) is 0 Å². The summed E-state index contributed by atoms with van der Waals surface area (Å²) < 4.78 is 9.33. The van der Waals surface area contributed by atoms with Crippen molar-refractivity contribution < 1.29 is 50.4 Å². The molecule has 0 aliphatic rings. The third-order valence-corrected chi connectivity index (χ3v) is 0. The van der Waals surface area contributed by atoms with Gasteiger partial charge in [-0.1, -0.05) is 0 Å². The minimum absolute atomic E-state index is 0. The van der Waals surface area contributed by atoms with Crippen LogP contribution in [-0.4, -0.2) is 9.79 Å². The molecule has 0 aromatic rings. The van der Waals surface area contributed by atoms with Crippen molar-refractivity contribution in [2.75, 3.05) is 0 Å². The average Bonchev–Trinajstić information content (AvgIpc) is 0.722. The molecule has 6 heteroatoms. The second kappa shape index (κ2) is 3.36. The minimum Gasteiger partial charge on any atom is 0 e. The summed E-state index contributed by atoms with van der Waals surface area (Å²) in [7, 11) is 0. The summed E-state index contributed by atoms with van der Waals surface area (Å²) in [6.07, 6.45) is 0. The summed E-state index contributed by atoms with van der Waals surface area (Å²) in [5.74, 6) is 0. The monoisotopic (exact) mass is 238 g/mol. The van der Waals surface area contributed by atoms with E-state index in [4.69, 9.17) is 9.79 Å². The van der Waals surface area contributed by atoms with Crippen molar-refractivity contribution in [3.63, 3.8) is 0 Å². The summed E-state index contributed by atoms with van der Waals surface area (Å²) in [6.45, 7) is 0. The van der Waals surface area contributed by atoms with Crippen molar-refractivity contribution in [1.82, 2.24) is 0 Å². The predicted molar refractivity (Wildman–Crippen MR) is 12.0 cm³/mol. The van der Waals surface area contributed by atoms with E-state index in [1.807, 2.05) is 0 Å². The maximum absolute atomic E-state index is 9.33. The topological polar surface area (TPSA) is 57.5 Å². The van der Waals surface area contributed by atoms with Crippen molar-refractivity contribution in [3.8, 4) is 0 Å². The van der Waals surface area contributed by atoms with Crippen molar-refractivity contribution >= 4 is 5.69 Å². The van der Waals surface area contributed by atoms with E-state index in [-0.39, 0.29) is 16.8 Å². The van der Waals surface area contributed by atoms with Gasteiger partial charge in [0, 0.05) is 16.8 Å². The van der Waals surface area contributed by atoms with Gasteiger partial charge >= 0.3 is 39.3 Å². The smallest absolute Gasteiger partial charge is 0 e. The molecule has 0 unspecified atom stereocenters. The van der Waals surface area contributed by atoms with E-state index in [0.717, 1.165) is 19.3 Å². The fourth-order valence-corrected chi connectivity index (χ4v) is 0. The van der Waals surface area contributed by atoms with E-state index in [0.29, 0.717) is 0 Å². The predicted octanol–water partition coefficient (Wildman–Crippen LogP) is -0.377. The number of hydrogen-bond donors (Lipinski definition) is 2. The molecule has 0 amide bonds. The number of rotatable bonds is 0. The Bertz CT molecular complexity index is 56.9. The summed E-state index contributed by atoms with van der Waals surface area (Å²) in [6, 6.07) is 0. The van der Waals surface area contributed by atoms with Crippen molar-refractivity contribution in [2.45, 2.75) is 0 Å². The fourth-order valence-electron chi connectivity index (χ4n) is 0. The minimum atomic E-state index is -3.63. The maximum Gasteiger partial charge on any atom is 0 e. The summed E-state index contributed by atoms with van der Waals surface area (Å²) in [4.78, 5) is 15.3. The first-order valence-corrected chi connectivity index (χ1v) is 4.99. The molecular formula is H2CoMoO3P. The average molecular weight is 236 g/mol. The van der Waals surface area contributed by atoms with Gasteiger partial charge in [-0.2, -0.15) is 0 Å². The Morgan fingerprint density at radius 2 is 1.50 bits per heavy atom. The zero-order chi connectivity index (χ0) is 4.50. The zero-order valence-corrected chi connectivity index (χ0v) is 6.43. The molecule has 0 atom stereocenters. The SMILES string of the molecule is O=[P](O)(O)[Mo].[Co]. The Labute approximate surface area is 56.2 Å². The van der Waals surface area contributed by atoms with Gasteiger partial charge in [0.2, 0.25) is 0 Å². The van der Waals surface area contributed by atoms with Gasteiger partial charge in [0.15, 0.2) is 0 Å².